The summed E-state index contributed by atoms with van der Waals surface area (Å²) in [5.41, 5.74) is -6.28. The molecule has 0 aliphatic heterocycles. The number of thiazole rings is 1. The molecule has 0 saturated heterocycles. The number of hydrogen-bond donors (Lipinski definition) is 0. The molecule has 7 nitrogen and oxygen atoms in total. The highest BCUT2D eigenvalue weighted by molar-refractivity contribution is 9.11. The second-order valence-corrected chi connectivity index (χ2v) is 8.56. The van der Waals surface area contributed by atoms with Gasteiger partial charge in [0.05, 0.1) is 22.4 Å². The van der Waals surface area contributed by atoms with E-state index < -0.39 is 38.7 Å². The zero-order chi connectivity index (χ0) is 19.9. The molecule has 0 amide bonds. The number of ketones is 1. The molecule has 0 N–H and O–H groups in total. The first kappa shape index (κ1) is 20.6. The van der Waals surface area contributed by atoms with Gasteiger partial charge in [-0.2, -0.15) is 21.6 Å². The van der Waals surface area contributed by atoms with Crippen LogP contribution in [0.5, 0.6) is 5.75 Å². The minimum absolute atomic E-state index is 0.000674. The molecular formula is C13H9BrF3NO6S2. The minimum atomic E-state index is -6.08. The summed E-state index contributed by atoms with van der Waals surface area (Å²) in [6.07, 6.45) is 0. The highest BCUT2D eigenvalue weighted by Crippen LogP contribution is 2.41. The third-order valence-corrected chi connectivity index (χ3v) is 5.45. The maximum atomic E-state index is 12.7. The average Bonchev–Trinajstić information content (AvgIpc) is 2.85. The van der Waals surface area contributed by atoms with Crippen molar-refractivity contribution in [3.8, 4) is 5.75 Å². The minimum Gasteiger partial charge on any atom is -0.460 e. The van der Waals surface area contributed by atoms with Gasteiger partial charge in [-0.05, 0) is 41.4 Å². The summed E-state index contributed by atoms with van der Waals surface area (Å²) >= 11 is 3.76. The SMILES string of the molecule is CCOC(=O)C(=O)c1c(C)cc2nc(Br)sc2c1OS(=O)(=O)C(F)(F)F. The van der Waals surface area contributed by atoms with E-state index in [1.807, 2.05) is 0 Å². The molecule has 2 rings (SSSR count). The summed E-state index contributed by atoms with van der Waals surface area (Å²) in [7, 11) is -6.08. The summed E-state index contributed by atoms with van der Waals surface area (Å²) in [5.74, 6) is -3.60. The molecule has 0 aliphatic carbocycles. The molecule has 1 heterocycles. The van der Waals surface area contributed by atoms with Crippen LogP contribution in [0.15, 0.2) is 9.98 Å². The lowest BCUT2D eigenvalue weighted by Gasteiger charge is -2.14. The van der Waals surface area contributed by atoms with Crippen LogP contribution in [0, 0.1) is 6.92 Å². The Kier molecular flexibility index (Phi) is 5.63. The monoisotopic (exact) mass is 475 g/mol. The number of nitrogens with zero attached hydrogens (tertiary/aromatic N) is 1. The molecule has 0 spiro atoms. The number of aryl methyl sites for hydroxylation is 1. The lowest BCUT2D eigenvalue weighted by Crippen LogP contribution is -2.29. The number of carbonyl (C=O) groups is 2. The number of Topliss-reactive ketones (excluding diaryl/α,β-unsaturated/α-hetero) is 1. The largest absolute Gasteiger partial charge is 0.534 e. The molecule has 0 aliphatic rings. The van der Waals surface area contributed by atoms with Crippen LogP contribution in [0.2, 0.25) is 0 Å². The van der Waals surface area contributed by atoms with Gasteiger partial charge in [0.1, 0.15) is 0 Å². The van der Waals surface area contributed by atoms with Crippen LogP contribution in [0.3, 0.4) is 0 Å². The second-order valence-electron chi connectivity index (χ2n) is 4.75. The number of aromatic nitrogens is 1. The molecule has 0 radical (unpaired) electrons. The summed E-state index contributed by atoms with van der Waals surface area (Å²) in [4.78, 5) is 28.0. The van der Waals surface area contributed by atoms with Crippen molar-refractivity contribution in [1.29, 1.82) is 0 Å². The Morgan fingerprint density at radius 2 is 1.96 bits per heavy atom. The number of benzene rings is 1. The Morgan fingerprint density at radius 3 is 2.50 bits per heavy atom. The van der Waals surface area contributed by atoms with E-state index in [4.69, 9.17) is 0 Å². The van der Waals surface area contributed by atoms with Gasteiger partial charge in [0.15, 0.2) is 9.67 Å². The van der Waals surface area contributed by atoms with Crippen LogP contribution in [-0.4, -0.2) is 37.3 Å². The Bertz CT molecular complexity index is 999. The summed E-state index contributed by atoms with van der Waals surface area (Å²) < 4.78 is 69.9. The van der Waals surface area contributed by atoms with E-state index in [0.29, 0.717) is 0 Å². The van der Waals surface area contributed by atoms with Gasteiger partial charge in [0.25, 0.3) is 5.78 Å². The van der Waals surface area contributed by atoms with Crippen molar-refractivity contribution in [2.24, 2.45) is 0 Å². The fourth-order valence-corrected chi connectivity index (χ4v) is 3.92. The van der Waals surface area contributed by atoms with Crippen LogP contribution < -0.4 is 4.18 Å². The predicted octanol–water partition coefficient (Wildman–Crippen LogP) is 3.34. The van der Waals surface area contributed by atoms with Gasteiger partial charge in [-0.1, -0.05) is 0 Å². The number of esters is 1. The van der Waals surface area contributed by atoms with Crippen LogP contribution in [0.1, 0.15) is 22.8 Å². The van der Waals surface area contributed by atoms with Crippen molar-refractivity contribution >= 4 is 59.4 Å². The lowest BCUT2D eigenvalue weighted by molar-refractivity contribution is -0.137. The molecule has 26 heavy (non-hydrogen) atoms. The van der Waals surface area contributed by atoms with E-state index in [1.165, 1.54) is 19.9 Å². The first-order chi connectivity index (χ1) is 11.9. The van der Waals surface area contributed by atoms with Crippen LogP contribution in [0.4, 0.5) is 13.2 Å². The van der Waals surface area contributed by atoms with Gasteiger partial charge in [0, 0.05) is 0 Å². The zero-order valence-corrected chi connectivity index (χ0v) is 16.2. The molecule has 142 valence electrons. The van der Waals surface area contributed by atoms with E-state index in [-0.39, 0.29) is 26.3 Å². The summed E-state index contributed by atoms with van der Waals surface area (Å²) in [6.45, 7) is 2.56. The van der Waals surface area contributed by atoms with Gasteiger partial charge < -0.3 is 8.92 Å². The predicted molar refractivity (Wildman–Crippen MR) is 88.6 cm³/mol. The molecule has 1 aromatic heterocycles. The number of fused-ring (bicyclic) bond motifs is 1. The third kappa shape index (κ3) is 3.83. The Labute approximate surface area is 157 Å². The number of carbonyl (C=O) groups excluding carboxylic acids is 2. The summed E-state index contributed by atoms with van der Waals surface area (Å²) in [6, 6.07) is 1.32. The molecule has 0 fully saturated rings. The van der Waals surface area contributed by atoms with Crippen molar-refractivity contribution in [3.63, 3.8) is 0 Å². The van der Waals surface area contributed by atoms with Gasteiger partial charge in [-0.15, -0.1) is 11.3 Å². The van der Waals surface area contributed by atoms with Crippen LogP contribution >= 0.6 is 27.3 Å². The second kappa shape index (κ2) is 7.12. The standard InChI is InChI=1S/C13H9BrF3NO6S2/c1-3-23-11(20)8(19)7-5(2)4-6-10(25-12(14)18-6)9(7)24-26(21,22)13(15,16)17/h4H,3H2,1-2H3. The first-order valence-corrected chi connectivity index (χ1v) is 9.72. The molecule has 0 saturated carbocycles. The van der Waals surface area contributed by atoms with Crippen molar-refractivity contribution in [2.75, 3.05) is 6.61 Å². The molecule has 0 unspecified atom stereocenters. The molecule has 13 heteroatoms. The van der Waals surface area contributed by atoms with Crippen molar-refractivity contribution in [2.45, 2.75) is 19.4 Å². The third-order valence-electron chi connectivity index (χ3n) is 2.97. The highest BCUT2D eigenvalue weighted by atomic mass is 79.9. The zero-order valence-electron chi connectivity index (χ0n) is 13.0. The quantitative estimate of drug-likeness (QED) is 0.215. The van der Waals surface area contributed by atoms with E-state index in [0.717, 1.165) is 11.3 Å². The number of alkyl halides is 3. The number of halogens is 4. The molecule has 0 atom stereocenters. The van der Waals surface area contributed by atoms with Crippen molar-refractivity contribution in [3.05, 3.63) is 21.1 Å². The molecule has 0 bridgehead atoms. The smallest absolute Gasteiger partial charge is 0.460 e. The number of ether oxygens (including phenoxy) is 1. The Hall–Kier alpha value is -1.73. The van der Waals surface area contributed by atoms with Gasteiger partial charge in [-0.25, -0.2) is 9.78 Å². The molecule has 2 aromatic rings. The number of rotatable bonds is 5. The Morgan fingerprint density at radius 1 is 1.35 bits per heavy atom. The van der Waals surface area contributed by atoms with E-state index in [9.17, 15) is 31.2 Å². The van der Waals surface area contributed by atoms with E-state index in [2.05, 4.69) is 29.8 Å². The molecular weight excluding hydrogens is 467 g/mol. The Balaban J connectivity index is 2.77. The lowest BCUT2D eigenvalue weighted by atomic mass is 10.0. The fourth-order valence-electron chi connectivity index (χ4n) is 1.95. The maximum absolute atomic E-state index is 12.7. The normalized spacial score (nSPS) is 12.2. The van der Waals surface area contributed by atoms with Crippen LogP contribution in [0.25, 0.3) is 10.2 Å². The van der Waals surface area contributed by atoms with Gasteiger partial charge in [0.2, 0.25) is 0 Å². The highest BCUT2D eigenvalue weighted by Gasteiger charge is 2.49. The maximum Gasteiger partial charge on any atom is 0.534 e. The van der Waals surface area contributed by atoms with Crippen molar-refractivity contribution in [1.82, 2.24) is 4.98 Å². The van der Waals surface area contributed by atoms with Gasteiger partial charge >= 0.3 is 21.6 Å². The molecule has 1 aromatic carbocycles. The topological polar surface area (TPSA) is 99.6 Å². The average molecular weight is 476 g/mol. The number of hydrogen-bond acceptors (Lipinski definition) is 8. The fraction of sp³-hybridized carbons (Fsp3) is 0.308. The van der Waals surface area contributed by atoms with E-state index >= 15 is 0 Å². The van der Waals surface area contributed by atoms with Crippen LogP contribution in [-0.2, 0) is 19.6 Å². The van der Waals surface area contributed by atoms with Gasteiger partial charge in [-0.3, -0.25) is 4.79 Å². The van der Waals surface area contributed by atoms with E-state index in [1.54, 1.807) is 0 Å². The first-order valence-electron chi connectivity index (χ1n) is 6.71. The van der Waals surface area contributed by atoms with Crippen molar-refractivity contribution < 1.29 is 40.1 Å². The summed E-state index contributed by atoms with van der Waals surface area (Å²) in [5, 5.41) is 0.